The molecule has 1 fully saturated rings. The van der Waals surface area contributed by atoms with Crippen LogP contribution in [0.5, 0.6) is 0 Å². The fraction of sp³-hybridized carbons (Fsp3) is 0.250. The van der Waals surface area contributed by atoms with Crippen LogP contribution < -0.4 is 0 Å². The van der Waals surface area contributed by atoms with E-state index in [1.54, 1.807) is 23.1 Å². The first-order chi connectivity index (χ1) is 16.3. The lowest BCUT2D eigenvalue weighted by atomic mass is 10.0. The second-order valence-corrected chi connectivity index (χ2v) is 8.22. The van der Waals surface area contributed by atoms with Gasteiger partial charge in [-0.15, -0.1) is 0 Å². The van der Waals surface area contributed by atoms with E-state index < -0.39 is 11.7 Å². The Bertz CT molecular complexity index is 1330. The SMILES string of the molecule is Cc1ccc(-n2nccn2)c(C(=O)N2CCCC2c2ncc(-c3ccccc3C(F)(F)F)[nH]2)c1. The summed E-state index contributed by atoms with van der Waals surface area (Å²) in [6.45, 7) is 2.41. The molecule has 1 unspecified atom stereocenters. The minimum absolute atomic E-state index is 0.0235. The molecule has 1 aliphatic rings. The molecule has 1 aliphatic heterocycles. The Labute approximate surface area is 193 Å². The average molecular weight is 466 g/mol. The second-order valence-electron chi connectivity index (χ2n) is 8.22. The minimum Gasteiger partial charge on any atom is -0.340 e. The number of amides is 1. The molecule has 1 atom stereocenters. The molecule has 7 nitrogen and oxygen atoms in total. The largest absolute Gasteiger partial charge is 0.417 e. The Morgan fingerprint density at radius 2 is 1.88 bits per heavy atom. The number of carbonyl (C=O) groups is 1. The highest BCUT2D eigenvalue weighted by molar-refractivity contribution is 5.98. The third kappa shape index (κ3) is 3.95. The number of likely N-dealkylation sites (tertiary alicyclic amines) is 1. The first kappa shape index (κ1) is 21.9. The quantitative estimate of drug-likeness (QED) is 0.461. The molecule has 0 aliphatic carbocycles. The van der Waals surface area contributed by atoms with Gasteiger partial charge in [-0.05, 0) is 38.0 Å². The fourth-order valence-corrected chi connectivity index (χ4v) is 4.39. The molecule has 2 aromatic carbocycles. The summed E-state index contributed by atoms with van der Waals surface area (Å²) in [5, 5.41) is 8.30. The molecule has 1 saturated heterocycles. The van der Waals surface area contributed by atoms with Crippen molar-refractivity contribution in [2.75, 3.05) is 6.54 Å². The molecular weight excluding hydrogens is 445 g/mol. The molecule has 174 valence electrons. The van der Waals surface area contributed by atoms with Crippen molar-refractivity contribution in [1.82, 2.24) is 29.9 Å². The Kier molecular flexibility index (Phi) is 5.43. The molecule has 0 radical (unpaired) electrons. The standard InChI is InChI=1S/C24H21F3N6O/c1-15-8-9-20(33-29-10-11-30-33)17(13-15)23(34)32-12-4-7-21(32)22-28-14-19(31-22)16-5-2-3-6-18(16)24(25,26)27/h2-3,5-6,8-11,13-14,21H,4,7,12H2,1H3,(H,28,31). The summed E-state index contributed by atoms with van der Waals surface area (Å²) < 4.78 is 40.5. The zero-order chi connectivity index (χ0) is 23.9. The van der Waals surface area contributed by atoms with E-state index in [2.05, 4.69) is 20.2 Å². The maximum Gasteiger partial charge on any atom is 0.417 e. The first-order valence-electron chi connectivity index (χ1n) is 10.8. The van der Waals surface area contributed by atoms with Crippen molar-refractivity contribution in [3.05, 3.63) is 83.6 Å². The molecule has 10 heteroatoms. The lowest BCUT2D eigenvalue weighted by Crippen LogP contribution is -2.32. The van der Waals surface area contributed by atoms with E-state index in [4.69, 9.17) is 0 Å². The fourth-order valence-electron chi connectivity index (χ4n) is 4.39. The molecule has 0 spiro atoms. The Balaban J connectivity index is 1.48. The normalized spacial score (nSPS) is 16.2. The van der Waals surface area contributed by atoms with Gasteiger partial charge in [-0.1, -0.05) is 29.8 Å². The zero-order valence-electron chi connectivity index (χ0n) is 18.3. The van der Waals surface area contributed by atoms with Gasteiger partial charge in [0.15, 0.2) is 0 Å². The van der Waals surface area contributed by atoms with Crippen molar-refractivity contribution < 1.29 is 18.0 Å². The molecule has 1 amide bonds. The number of aromatic amines is 1. The van der Waals surface area contributed by atoms with Crippen molar-refractivity contribution in [3.63, 3.8) is 0 Å². The molecule has 0 bridgehead atoms. The number of H-pyrrole nitrogens is 1. The number of imidazole rings is 1. The molecule has 34 heavy (non-hydrogen) atoms. The van der Waals surface area contributed by atoms with Crippen LogP contribution in [0, 0.1) is 6.92 Å². The predicted octanol–water partition coefficient (Wildman–Crippen LogP) is 4.96. The topological polar surface area (TPSA) is 79.7 Å². The van der Waals surface area contributed by atoms with Crippen molar-refractivity contribution >= 4 is 5.91 Å². The van der Waals surface area contributed by atoms with E-state index >= 15 is 0 Å². The summed E-state index contributed by atoms with van der Waals surface area (Å²) in [4.78, 5) is 24.1. The Morgan fingerprint density at radius 3 is 2.65 bits per heavy atom. The minimum atomic E-state index is -4.49. The summed E-state index contributed by atoms with van der Waals surface area (Å²) in [5.41, 5.74) is 1.48. The number of benzene rings is 2. The third-order valence-corrected chi connectivity index (χ3v) is 5.96. The van der Waals surface area contributed by atoms with Gasteiger partial charge in [-0.3, -0.25) is 4.79 Å². The van der Waals surface area contributed by atoms with E-state index in [0.29, 0.717) is 30.0 Å². The van der Waals surface area contributed by atoms with Gasteiger partial charge in [0.05, 0.1) is 47.1 Å². The number of hydrogen-bond donors (Lipinski definition) is 1. The lowest BCUT2D eigenvalue weighted by Gasteiger charge is -2.24. The number of halogens is 3. The molecule has 3 heterocycles. The molecule has 0 saturated carbocycles. The summed E-state index contributed by atoms with van der Waals surface area (Å²) in [6.07, 6.45) is 1.39. The molecule has 1 N–H and O–H groups in total. The highest BCUT2D eigenvalue weighted by Gasteiger charge is 2.36. The maximum absolute atomic E-state index is 13.6. The van der Waals surface area contributed by atoms with E-state index in [1.165, 1.54) is 35.5 Å². The van der Waals surface area contributed by atoms with Crippen LogP contribution in [-0.4, -0.2) is 42.3 Å². The molecule has 4 aromatic rings. The van der Waals surface area contributed by atoms with E-state index in [9.17, 15) is 18.0 Å². The second kappa shape index (κ2) is 8.44. The van der Waals surface area contributed by atoms with Crippen molar-refractivity contribution in [3.8, 4) is 16.9 Å². The highest BCUT2D eigenvalue weighted by Crippen LogP contribution is 2.38. The van der Waals surface area contributed by atoms with Crippen LogP contribution in [0.1, 0.15) is 46.2 Å². The number of nitrogens with zero attached hydrogens (tertiary/aromatic N) is 5. The van der Waals surface area contributed by atoms with Gasteiger partial charge < -0.3 is 9.88 Å². The summed E-state index contributed by atoms with van der Waals surface area (Å²) in [5.74, 6) is 0.261. The molecule has 2 aromatic heterocycles. The van der Waals surface area contributed by atoms with Gasteiger partial charge in [-0.25, -0.2) is 4.98 Å². The van der Waals surface area contributed by atoms with Gasteiger partial charge in [0.1, 0.15) is 5.82 Å². The van der Waals surface area contributed by atoms with Crippen LogP contribution in [-0.2, 0) is 6.18 Å². The van der Waals surface area contributed by atoms with Crippen molar-refractivity contribution in [2.24, 2.45) is 0 Å². The number of rotatable bonds is 4. The number of nitrogens with one attached hydrogen (secondary N) is 1. The van der Waals surface area contributed by atoms with E-state index in [-0.39, 0.29) is 23.2 Å². The van der Waals surface area contributed by atoms with Crippen LogP contribution >= 0.6 is 0 Å². The highest BCUT2D eigenvalue weighted by atomic mass is 19.4. The Hall–Kier alpha value is -3.95. The van der Waals surface area contributed by atoms with E-state index in [0.717, 1.165) is 18.1 Å². The van der Waals surface area contributed by atoms with Crippen LogP contribution in [0.15, 0.2) is 61.1 Å². The van der Waals surface area contributed by atoms with Crippen LogP contribution in [0.2, 0.25) is 0 Å². The van der Waals surface area contributed by atoms with E-state index in [1.807, 2.05) is 13.0 Å². The predicted molar refractivity (Wildman–Crippen MR) is 118 cm³/mol. The van der Waals surface area contributed by atoms with Gasteiger partial charge in [0.25, 0.3) is 5.91 Å². The Morgan fingerprint density at radius 1 is 1.12 bits per heavy atom. The number of aromatic nitrogens is 5. The van der Waals surface area contributed by atoms with Crippen LogP contribution in [0.25, 0.3) is 16.9 Å². The van der Waals surface area contributed by atoms with Crippen molar-refractivity contribution in [2.45, 2.75) is 32.0 Å². The average Bonchev–Trinajstić information content (AvgIpc) is 3.59. The van der Waals surface area contributed by atoms with Crippen molar-refractivity contribution in [1.29, 1.82) is 0 Å². The molecule has 5 rings (SSSR count). The first-order valence-corrected chi connectivity index (χ1v) is 10.8. The lowest BCUT2D eigenvalue weighted by molar-refractivity contribution is -0.137. The van der Waals surface area contributed by atoms with Crippen LogP contribution in [0.3, 0.4) is 0 Å². The van der Waals surface area contributed by atoms with Gasteiger partial charge in [0.2, 0.25) is 0 Å². The number of aryl methyl sites for hydroxylation is 1. The van der Waals surface area contributed by atoms with Gasteiger partial charge >= 0.3 is 6.18 Å². The summed E-state index contributed by atoms with van der Waals surface area (Å²) in [6, 6.07) is 10.5. The zero-order valence-corrected chi connectivity index (χ0v) is 18.3. The summed E-state index contributed by atoms with van der Waals surface area (Å²) in [7, 11) is 0. The number of carbonyl (C=O) groups excluding carboxylic acids is 1. The summed E-state index contributed by atoms with van der Waals surface area (Å²) >= 11 is 0. The monoisotopic (exact) mass is 466 g/mol. The smallest absolute Gasteiger partial charge is 0.340 e. The van der Waals surface area contributed by atoms with Crippen LogP contribution in [0.4, 0.5) is 13.2 Å². The number of hydrogen-bond acceptors (Lipinski definition) is 4. The van der Waals surface area contributed by atoms with Gasteiger partial charge in [-0.2, -0.15) is 28.2 Å². The molecular formula is C24H21F3N6O. The number of alkyl halides is 3. The maximum atomic E-state index is 13.6. The third-order valence-electron chi connectivity index (χ3n) is 5.96. The van der Waals surface area contributed by atoms with Gasteiger partial charge in [0, 0.05) is 12.1 Å².